The van der Waals surface area contributed by atoms with E-state index in [2.05, 4.69) is 6.92 Å². The highest BCUT2D eigenvalue weighted by atomic mass is 16.6. The molecule has 1 radical (unpaired) electrons. The van der Waals surface area contributed by atoms with Gasteiger partial charge in [0, 0.05) is 6.61 Å². The van der Waals surface area contributed by atoms with Crippen LogP contribution in [0.15, 0.2) is 0 Å². The Morgan fingerprint density at radius 3 is 2.75 bits per heavy atom. The van der Waals surface area contributed by atoms with Crippen molar-refractivity contribution in [3.05, 3.63) is 6.92 Å². The lowest BCUT2D eigenvalue weighted by Crippen LogP contribution is -2.10. The van der Waals surface area contributed by atoms with Crippen molar-refractivity contribution in [3.63, 3.8) is 0 Å². The lowest BCUT2D eigenvalue weighted by atomic mass is 10.5. The van der Waals surface area contributed by atoms with E-state index in [9.17, 15) is 0 Å². The Morgan fingerprint density at radius 2 is 2.38 bits per heavy atom. The number of aliphatic hydroxyl groups excluding tert-OH is 1. The molecule has 0 aliphatic rings. The van der Waals surface area contributed by atoms with Gasteiger partial charge in [-0.2, -0.15) is 0 Å². The summed E-state index contributed by atoms with van der Waals surface area (Å²) in [5.41, 5.74) is 0. The SMILES string of the molecule is [CH2]CC(O)OCCC. The predicted molar refractivity (Wildman–Crippen MR) is 32.2 cm³/mol. The standard InChI is InChI=1S/C6H13O2/c1-3-5-8-6(7)4-2/h6-7H,2-5H2,1H3. The number of hydrogen-bond donors (Lipinski definition) is 1. The minimum absolute atomic E-state index is 0.431. The average molecular weight is 117 g/mol. The van der Waals surface area contributed by atoms with Crippen molar-refractivity contribution >= 4 is 0 Å². The smallest absolute Gasteiger partial charge is 0.154 e. The van der Waals surface area contributed by atoms with Crippen molar-refractivity contribution in [2.45, 2.75) is 26.1 Å². The average Bonchev–Trinajstić information content (AvgIpc) is 1.83. The highest BCUT2D eigenvalue weighted by Crippen LogP contribution is 1.91. The van der Waals surface area contributed by atoms with Crippen LogP contribution >= 0.6 is 0 Å². The Morgan fingerprint density at radius 1 is 1.75 bits per heavy atom. The van der Waals surface area contributed by atoms with Crippen LogP contribution in [0.2, 0.25) is 0 Å². The van der Waals surface area contributed by atoms with Crippen LogP contribution in [0, 0.1) is 6.92 Å². The summed E-state index contributed by atoms with van der Waals surface area (Å²) in [6.07, 6.45) is 0.715. The molecule has 0 saturated carbocycles. The second-order valence-electron chi connectivity index (χ2n) is 1.61. The van der Waals surface area contributed by atoms with Gasteiger partial charge in [-0.05, 0) is 19.8 Å². The summed E-state index contributed by atoms with van der Waals surface area (Å²) < 4.78 is 4.83. The molecule has 1 N–H and O–H groups in total. The molecule has 0 rings (SSSR count). The molecule has 0 amide bonds. The number of rotatable bonds is 4. The summed E-state index contributed by atoms with van der Waals surface area (Å²) in [5.74, 6) is 0. The van der Waals surface area contributed by atoms with Crippen LogP contribution in [0.4, 0.5) is 0 Å². The lowest BCUT2D eigenvalue weighted by molar-refractivity contribution is -0.0959. The largest absolute Gasteiger partial charge is 0.368 e. The van der Waals surface area contributed by atoms with Gasteiger partial charge in [-0.15, -0.1) is 0 Å². The van der Waals surface area contributed by atoms with E-state index in [4.69, 9.17) is 9.84 Å². The quantitative estimate of drug-likeness (QED) is 0.556. The van der Waals surface area contributed by atoms with Crippen LogP contribution in [-0.2, 0) is 4.74 Å². The number of hydrogen-bond acceptors (Lipinski definition) is 2. The third-order valence-electron chi connectivity index (χ3n) is 0.761. The van der Waals surface area contributed by atoms with Gasteiger partial charge < -0.3 is 9.84 Å². The molecule has 2 heteroatoms. The van der Waals surface area contributed by atoms with Gasteiger partial charge in [-0.25, -0.2) is 0 Å². The van der Waals surface area contributed by atoms with E-state index in [1.165, 1.54) is 0 Å². The fraction of sp³-hybridized carbons (Fsp3) is 0.833. The molecule has 0 bridgehead atoms. The third-order valence-corrected chi connectivity index (χ3v) is 0.761. The van der Waals surface area contributed by atoms with E-state index in [0.717, 1.165) is 6.42 Å². The first-order valence-electron chi connectivity index (χ1n) is 2.90. The summed E-state index contributed by atoms with van der Waals surface area (Å²) in [7, 11) is 0. The molecule has 0 aromatic rings. The van der Waals surface area contributed by atoms with Gasteiger partial charge in [-0.3, -0.25) is 0 Å². The van der Waals surface area contributed by atoms with E-state index in [0.29, 0.717) is 13.0 Å². The van der Waals surface area contributed by atoms with Crippen LogP contribution < -0.4 is 0 Å². The minimum atomic E-state index is -0.657. The molecule has 0 fully saturated rings. The highest BCUT2D eigenvalue weighted by Gasteiger charge is 1.95. The third kappa shape index (κ3) is 4.09. The zero-order chi connectivity index (χ0) is 6.41. The van der Waals surface area contributed by atoms with Gasteiger partial charge in [-0.1, -0.05) is 6.92 Å². The first kappa shape index (κ1) is 7.92. The van der Waals surface area contributed by atoms with Crippen molar-refractivity contribution in [3.8, 4) is 0 Å². The normalized spacial score (nSPS) is 13.9. The van der Waals surface area contributed by atoms with Crippen LogP contribution in [0.5, 0.6) is 0 Å². The Labute approximate surface area is 50.5 Å². The Bertz CT molecular complexity index is 45.8. The fourth-order valence-corrected chi connectivity index (χ4v) is 0.337. The molecule has 0 aliphatic heterocycles. The first-order chi connectivity index (χ1) is 3.81. The molecule has 2 nitrogen and oxygen atoms in total. The molecule has 0 heterocycles. The first-order valence-corrected chi connectivity index (χ1v) is 2.90. The topological polar surface area (TPSA) is 29.5 Å². The summed E-state index contributed by atoms with van der Waals surface area (Å²) in [4.78, 5) is 0. The van der Waals surface area contributed by atoms with Crippen molar-refractivity contribution < 1.29 is 9.84 Å². The van der Waals surface area contributed by atoms with E-state index in [1.807, 2.05) is 6.92 Å². The summed E-state index contributed by atoms with van der Waals surface area (Å²) in [6, 6.07) is 0. The summed E-state index contributed by atoms with van der Waals surface area (Å²) >= 11 is 0. The second-order valence-corrected chi connectivity index (χ2v) is 1.61. The molecular formula is C6H13O2. The van der Waals surface area contributed by atoms with Crippen molar-refractivity contribution in [1.29, 1.82) is 0 Å². The van der Waals surface area contributed by atoms with Gasteiger partial charge in [0.1, 0.15) is 0 Å². The molecule has 49 valence electrons. The second kappa shape index (κ2) is 5.06. The fourth-order valence-electron chi connectivity index (χ4n) is 0.337. The van der Waals surface area contributed by atoms with Gasteiger partial charge in [0.2, 0.25) is 0 Å². The lowest BCUT2D eigenvalue weighted by Gasteiger charge is -2.06. The maximum absolute atomic E-state index is 8.70. The van der Waals surface area contributed by atoms with Crippen LogP contribution in [0.3, 0.4) is 0 Å². The van der Waals surface area contributed by atoms with Crippen molar-refractivity contribution in [2.75, 3.05) is 6.61 Å². The monoisotopic (exact) mass is 117 g/mol. The van der Waals surface area contributed by atoms with Crippen molar-refractivity contribution in [2.24, 2.45) is 0 Å². The van der Waals surface area contributed by atoms with Gasteiger partial charge >= 0.3 is 0 Å². The van der Waals surface area contributed by atoms with Gasteiger partial charge in [0.25, 0.3) is 0 Å². The zero-order valence-electron chi connectivity index (χ0n) is 5.26. The van der Waals surface area contributed by atoms with E-state index in [-0.39, 0.29) is 0 Å². The molecule has 1 atom stereocenters. The number of ether oxygens (including phenoxy) is 1. The van der Waals surface area contributed by atoms with Gasteiger partial charge in [0.05, 0.1) is 0 Å². The Kier molecular flexibility index (Phi) is 5.01. The Balaban J connectivity index is 2.86. The minimum Gasteiger partial charge on any atom is -0.368 e. The maximum atomic E-state index is 8.70. The van der Waals surface area contributed by atoms with E-state index >= 15 is 0 Å². The van der Waals surface area contributed by atoms with E-state index < -0.39 is 6.29 Å². The van der Waals surface area contributed by atoms with Crippen LogP contribution in [0.25, 0.3) is 0 Å². The van der Waals surface area contributed by atoms with Crippen LogP contribution in [0.1, 0.15) is 19.8 Å². The maximum Gasteiger partial charge on any atom is 0.154 e. The molecular weight excluding hydrogens is 104 g/mol. The summed E-state index contributed by atoms with van der Waals surface area (Å²) in [5, 5.41) is 8.70. The Hall–Kier alpha value is -0.0800. The molecule has 1 unspecified atom stereocenters. The molecule has 0 aromatic heterocycles. The zero-order valence-corrected chi connectivity index (χ0v) is 5.26. The predicted octanol–water partition coefficient (Wildman–Crippen LogP) is 0.956. The van der Waals surface area contributed by atoms with Crippen molar-refractivity contribution in [1.82, 2.24) is 0 Å². The highest BCUT2D eigenvalue weighted by molar-refractivity contribution is 4.41. The molecule has 0 spiro atoms. The number of aliphatic hydroxyl groups is 1. The van der Waals surface area contributed by atoms with Gasteiger partial charge in [0.15, 0.2) is 6.29 Å². The van der Waals surface area contributed by atoms with E-state index in [1.54, 1.807) is 0 Å². The molecule has 0 saturated heterocycles. The molecule has 0 aromatic carbocycles. The molecule has 8 heavy (non-hydrogen) atoms. The molecule has 0 aliphatic carbocycles. The van der Waals surface area contributed by atoms with Crippen LogP contribution in [-0.4, -0.2) is 18.0 Å². The summed E-state index contributed by atoms with van der Waals surface area (Å²) in [6.45, 7) is 6.08.